The summed E-state index contributed by atoms with van der Waals surface area (Å²) in [6.45, 7) is 2.08. The van der Waals surface area contributed by atoms with Gasteiger partial charge >= 0.3 is 6.03 Å². The first-order valence-corrected chi connectivity index (χ1v) is 7.73. The van der Waals surface area contributed by atoms with E-state index >= 15 is 0 Å². The highest BCUT2D eigenvalue weighted by Crippen LogP contribution is 2.16. The Kier molecular flexibility index (Phi) is 6.33. The molecule has 3 amide bonds. The van der Waals surface area contributed by atoms with Gasteiger partial charge in [0.1, 0.15) is 11.6 Å². The van der Waals surface area contributed by atoms with Gasteiger partial charge in [-0.15, -0.1) is 0 Å². The summed E-state index contributed by atoms with van der Waals surface area (Å²) in [5, 5.41) is 7.89. The zero-order valence-corrected chi connectivity index (χ0v) is 14.1. The number of benzene rings is 2. The third kappa shape index (κ3) is 5.49. The SMILES string of the molecule is COc1cccc(NC(=O)NCCNC(=O)c2ccc(C)c(F)c2)c1. The summed E-state index contributed by atoms with van der Waals surface area (Å²) < 4.78 is 18.5. The zero-order valence-electron chi connectivity index (χ0n) is 14.1. The molecule has 0 aliphatic rings. The largest absolute Gasteiger partial charge is 0.497 e. The van der Waals surface area contributed by atoms with Gasteiger partial charge in [0.05, 0.1) is 7.11 Å². The number of hydrogen-bond donors (Lipinski definition) is 3. The Labute approximate surface area is 145 Å². The van der Waals surface area contributed by atoms with Crippen LogP contribution in [0, 0.1) is 12.7 Å². The number of methoxy groups -OCH3 is 1. The van der Waals surface area contributed by atoms with Crippen molar-refractivity contribution in [2.75, 3.05) is 25.5 Å². The molecule has 0 fully saturated rings. The molecule has 0 radical (unpaired) electrons. The van der Waals surface area contributed by atoms with Crippen LogP contribution in [0.3, 0.4) is 0 Å². The van der Waals surface area contributed by atoms with Crippen LogP contribution in [0.1, 0.15) is 15.9 Å². The van der Waals surface area contributed by atoms with Gasteiger partial charge in [-0.1, -0.05) is 12.1 Å². The lowest BCUT2D eigenvalue weighted by molar-refractivity contribution is 0.0953. The van der Waals surface area contributed by atoms with Crippen molar-refractivity contribution in [3.05, 3.63) is 59.4 Å². The van der Waals surface area contributed by atoms with Gasteiger partial charge in [-0.2, -0.15) is 0 Å². The number of halogens is 1. The summed E-state index contributed by atoms with van der Waals surface area (Å²) in [7, 11) is 1.54. The van der Waals surface area contributed by atoms with Crippen LogP contribution in [-0.2, 0) is 0 Å². The number of carbonyl (C=O) groups excluding carboxylic acids is 2. The molecule has 3 N–H and O–H groups in total. The molecule has 0 heterocycles. The fourth-order valence-electron chi connectivity index (χ4n) is 2.06. The van der Waals surface area contributed by atoms with Gasteiger partial charge in [-0.3, -0.25) is 4.79 Å². The van der Waals surface area contributed by atoms with Crippen LogP contribution in [0.4, 0.5) is 14.9 Å². The molecule has 0 atom stereocenters. The monoisotopic (exact) mass is 345 g/mol. The second-order valence-corrected chi connectivity index (χ2v) is 5.33. The van der Waals surface area contributed by atoms with Crippen LogP contribution >= 0.6 is 0 Å². The summed E-state index contributed by atoms with van der Waals surface area (Å²) in [6.07, 6.45) is 0. The molecule has 0 aromatic heterocycles. The van der Waals surface area contributed by atoms with E-state index < -0.39 is 17.8 Å². The molecule has 132 valence electrons. The molecule has 7 heteroatoms. The second kappa shape index (κ2) is 8.68. The Morgan fingerprint density at radius 3 is 2.56 bits per heavy atom. The van der Waals surface area contributed by atoms with Crippen molar-refractivity contribution in [3.63, 3.8) is 0 Å². The summed E-state index contributed by atoms with van der Waals surface area (Å²) in [5.41, 5.74) is 1.31. The second-order valence-electron chi connectivity index (χ2n) is 5.33. The smallest absolute Gasteiger partial charge is 0.319 e. The average molecular weight is 345 g/mol. The molecule has 0 unspecified atom stereocenters. The molecular weight excluding hydrogens is 325 g/mol. The van der Waals surface area contributed by atoms with Crippen LogP contribution in [0.15, 0.2) is 42.5 Å². The molecule has 0 saturated heterocycles. The Balaban J connectivity index is 1.73. The molecule has 0 saturated carbocycles. The van der Waals surface area contributed by atoms with Crippen molar-refractivity contribution < 1.29 is 18.7 Å². The number of rotatable bonds is 6. The van der Waals surface area contributed by atoms with Gasteiger partial charge in [-0.25, -0.2) is 9.18 Å². The van der Waals surface area contributed by atoms with E-state index in [1.807, 2.05) is 0 Å². The van der Waals surface area contributed by atoms with Gasteiger partial charge in [-0.05, 0) is 36.8 Å². The van der Waals surface area contributed by atoms with Gasteiger partial charge in [0.15, 0.2) is 0 Å². The molecule has 0 aliphatic heterocycles. The zero-order chi connectivity index (χ0) is 18.2. The molecule has 2 aromatic rings. The van der Waals surface area contributed by atoms with Crippen molar-refractivity contribution in [2.45, 2.75) is 6.92 Å². The van der Waals surface area contributed by atoms with E-state index in [0.29, 0.717) is 17.0 Å². The minimum atomic E-state index is -0.427. The third-order valence-electron chi connectivity index (χ3n) is 3.46. The number of aryl methyl sites for hydroxylation is 1. The van der Waals surface area contributed by atoms with E-state index in [-0.39, 0.29) is 18.7 Å². The first kappa shape index (κ1) is 18.3. The highest BCUT2D eigenvalue weighted by molar-refractivity contribution is 5.94. The summed E-state index contributed by atoms with van der Waals surface area (Å²) in [4.78, 5) is 23.7. The molecule has 6 nitrogen and oxygen atoms in total. The standard InChI is InChI=1S/C18H20FN3O3/c1-12-6-7-13(10-16(12)19)17(23)20-8-9-21-18(24)22-14-4-3-5-15(11-14)25-2/h3-7,10-11H,8-9H2,1-2H3,(H,20,23)(H2,21,22,24). The summed E-state index contributed by atoms with van der Waals surface area (Å²) in [6, 6.07) is 10.8. The van der Waals surface area contributed by atoms with E-state index in [1.54, 1.807) is 50.4 Å². The fraction of sp³-hybridized carbons (Fsp3) is 0.222. The predicted molar refractivity (Wildman–Crippen MR) is 93.5 cm³/mol. The number of hydrogen-bond acceptors (Lipinski definition) is 3. The van der Waals surface area contributed by atoms with Crippen LogP contribution < -0.4 is 20.7 Å². The molecule has 0 spiro atoms. The van der Waals surface area contributed by atoms with Gasteiger partial charge < -0.3 is 20.7 Å². The Bertz CT molecular complexity index is 765. The number of nitrogens with one attached hydrogen (secondary N) is 3. The number of urea groups is 1. The van der Waals surface area contributed by atoms with Gasteiger partial charge in [0.25, 0.3) is 5.91 Å². The minimum Gasteiger partial charge on any atom is -0.497 e. The maximum absolute atomic E-state index is 13.4. The number of carbonyl (C=O) groups is 2. The van der Waals surface area contributed by atoms with Crippen molar-refractivity contribution in [1.29, 1.82) is 0 Å². The first-order chi connectivity index (χ1) is 12.0. The Morgan fingerprint density at radius 1 is 1.08 bits per heavy atom. The summed E-state index contributed by atoms with van der Waals surface area (Å²) >= 11 is 0. The van der Waals surface area contributed by atoms with Crippen molar-refractivity contribution in [3.8, 4) is 5.75 Å². The van der Waals surface area contributed by atoms with E-state index in [1.165, 1.54) is 6.07 Å². The predicted octanol–water partition coefficient (Wildman–Crippen LogP) is 2.69. The third-order valence-corrected chi connectivity index (χ3v) is 3.46. The molecular formula is C18H20FN3O3. The highest BCUT2D eigenvalue weighted by Gasteiger charge is 2.08. The topological polar surface area (TPSA) is 79.5 Å². The molecule has 2 aromatic carbocycles. The maximum Gasteiger partial charge on any atom is 0.319 e. The van der Waals surface area contributed by atoms with E-state index in [9.17, 15) is 14.0 Å². The minimum absolute atomic E-state index is 0.222. The van der Waals surface area contributed by atoms with Crippen LogP contribution in [-0.4, -0.2) is 32.1 Å². The Hall–Kier alpha value is -3.09. The normalized spacial score (nSPS) is 10.0. The van der Waals surface area contributed by atoms with Crippen LogP contribution in [0.25, 0.3) is 0 Å². The molecule has 0 bridgehead atoms. The average Bonchev–Trinajstić information content (AvgIpc) is 2.61. The molecule has 0 aliphatic carbocycles. The van der Waals surface area contributed by atoms with Crippen LogP contribution in [0.5, 0.6) is 5.75 Å². The first-order valence-electron chi connectivity index (χ1n) is 7.73. The fourth-order valence-corrected chi connectivity index (χ4v) is 2.06. The number of anilines is 1. The van der Waals surface area contributed by atoms with Crippen molar-refractivity contribution in [2.24, 2.45) is 0 Å². The van der Waals surface area contributed by atoms with E-state index in [0.717, 1.165) is 0 Å². The number of amides is 3. The van der Waals surface area contributed by atoms with Crippen molar-refractivity contribution in [1.82, 2.24) is 10.6 Å². The maximum atomic E-state index is 13.4. The quantitative estimate of drug-likeness (QED) is 0.704. The lowest BCUT2D eigenvalue weighted by atomic mass is 10.1. The van der Waals surface area contributed by atoms with Gasteiger partial charge in [0, 0.05) is 30.4 Å². The molecule has 2 rings (SSSR count). The van der Waals surface area contributed by atoms with Crippen LogP contribution in [0.2, 0.25) is 0 Å². The molecule has 25 heavy (non-hydrogen) atoms. The number of ether oxygens (including phenoxy) is 1. The van der Waals surface area contributed by atoms with E-state index in [2.05, 4.69) is 16.0 Å². The lowest BCUT2D eigenvalue weighted by Crippen LogP contribution is -2.36. The van der Waals surface area contributed by atoms with E-state index in [4.69, 9.17) is 4.74 Å². The van der Waals surface area contributed by atoms with Gasteiger partial charge in [0.2, 0.25) is 0 Å². The lowest BCUT2D eigenvalue weighted by Gasteiger charge is -2.10. The van der Waals surface area contributed by atoms with Crippen molar-refractivity contribution >= 4 is 17.6 Å². The summed E-state index contributed by atoms with van der Waals surface area (Å²) in [5.74, 6) is -0.187. The highest BCUT2D eigenvalue weighted by atomic mass is 19.1. The Morgan fingerprint density at radius 2 is 1.84 bits per heavy atom.